The van der Waals surface area contributed by atoms with Gasteiger partial charge in [-0.1, -0.05) is 6.08 Å². The molecule has 0 saturated carbocycles. The molecule has 94 valence electrons. The monoisotopic (exact) mass is 228 g/mol. The third kappa shape index (κ3) is 5.64. The number of allylic oxidation sites excluding steroid dienone is 1. The number of hydrogen-bond donors (Lipinski definition) is 0. The van der Waals surface area contributed by atoms with E-state index in [9.17, 15) is 0 Å². The van der Waals surface area contributed by atoms with Gasteiger partial charge < -0.3 is 14.2 Å². The Kier molecular flexibility index (Phi) is 7.47. The van der Waals surface area contributed by atoms with E-state index >= 15 is 0 Å². The van der Waals surface area contributed by atoms with Crippen LogP contribution in [0, 0.1) is 0 Å². The summed E-state index contributed by atoms with van der Waals surface area (Å²) in [5.74, 6) is 0. The first-order valence-electron chi connectivity index (χ1n) is 6.24. The van der Waals surface area contributed by atoms with E-state index in [1.807, 2.05) is 6.92 Å². The van der Waals surface area contributed by atoms with Crippen molar-refractivity contribution in [3.63, 3.8) is 0 Å². The van der Waals surface area contributed by atoms with Gasteiger partial charge in [0.05, 0.1) is 25.4 Å². The Morgan fingerprint density at radius 2 is 1.56 bits per heavy atom. The Labute approximate surface area is 98.8 Å². The summed E-state index contributed by atoms with van der Waals surface area (Å²) in [5, 5.41) is 0. The second-order valence-corrected chi connectivity index (χ2v) is 4.22. The van der Waals surface area contributed by atoms with Crippen molar-refractivity contribution in [1.29, 1.82) is 0 Å². The van der Waals surface area contributed by atoms with Gasteiger partial charge in [-0.05, 0) is 32.6 Å². The zero-order chi connectivity index (χ0) is 11.6. The van der Waals surface area contributed by atoms with E-state index < -0.39 is 0 Å². The quantitative estimate of drug-likeness (QED) is 0.692. The van der Waals surface area contributed by atoms with Gasteiger partial charge in [0, 0.05) is 13.2 Å². The Morgan fingerprint density at radius 1 is 1.12 bits per heavy atom. The molecule has 0 spiro atoms. The minimum Gasteiger partial charge on any atom is -0.376 e. The van der Waals surface area contributed by atoms with Crippen LogP contribution in [-0.2, 0) is 14.2 Å². The summed E-state index contributed by atoms with van der Waals surface area (Å²) in [6.07, 6.45) is 7.14. The summed E-state index contributed by atoms with van der Waals surface area (Å²) in [4.78, 5) is 0. The Hall–Kier alpha value is -0.380. The van der Waals surface area contributed by atoms with Crippen LogP contribution >= 0.6 is 0 Å². The van der Waals surface area contributed by atoms with Gasteiger partial charge in [0.1, 0.15) is 0 Å². The zero-order valence-corrected chi connectivity index (χ0v) is 10.3. The lowest BCUT2D eigenvalue weighted by Gasteiger charge is -2.13. The van der Waals surface area contributed by atoms with Crippen molar-refractivity contribution >= 4 is 0 Å². The fourth-order valence-electron chi connectivity index (χ4n) is 1.88. The van der Waals surface area contributed by atoms with Crippen LogP contribution in [0.1, 0.15) is 32.6 Å². The van der Waals surface area contributed by atoms with Crippen molar-refractivity contribution in [2.45, 2.75) is 44.8 Å². The highest BCUT2D eigenvalue weighted by Gasteiger charge is 2.18. The van der Waals surface area contributed by atoms with E-state index in [4.69, 9.17) is 14.2 Å². The second kappa shape index (κ2) is 8.74. The molecule has 0 bridgehead atoms. The standard InChI is InChI=1S/C10H18O3.C3H6/c1-3-9(12-5-1)7-11-8-10-4-2-6-13-10;1-3-2/h9-10H,1-8H2;3H,1H2,2H3. The maximum absolute atomic E-state index is 5.55. The van der Waals surface area contributed by atoms with Gasteiger partial charge in [0.25, 0.3) is 0 Å². The van der Waals surface area contributed by atoms with Crippen LogP contribution in [0.5, 0.6) is 0 Å². The normalized spacial score (nSPS) is 28.6. The largest absolute Gasteiger partial charge is 0.376 e. The summed E-state index contributed by atoms with van der Waals surface area (Å²) >= 11 is 0. The lowest BCUT2D eigenvalue weighted by molar-refractivity contribution is -0.0245. The smallest absolute Gasteiger partial charge is 0.0809 e. The van der Waals surface area contributed by atoms with Crippen LogP contribution in [-0.4, -0.2) is 38.6 Å². The lowest BCUT2D eigenvalue weighted by Crippen LogP contribution is -2.20. The van der Waals surface area contributed by atoms with Crippen LogP contribution in [0.2, 0.25) is 0 Å². The summed E-state index contributed by atoms with van der Waals surface area (Å²) in [7, 11) is 0. The van der Waals surface area contributed by atoms with Gasteiger partial charge in [0.2, 0.25) is 0 Å². The van der Waals surface area contributed by atoms with E-state index in [-0.39, 0.29) is 0 Å². The molecule has 2 aliphatic rings. The predicted molar refractivity (Wildman–Crippen MR) is 64.6 cm³/mol. The first-order chi connectivity index (χ1) is 7.86. The molecule has 2 fully saturated rings. The molecule has 2 heterocycles. The molecular formula is C13H24O3. The number of ether oxygens (including phenoxy) is 3. The molecular weight excluding hydrogens is 204 g/mol. The van der Waals surface area contributed by atoms with E-state index in [0.29, 0.717) is 12.2 Å². The minimum atomic E-state index is 0.349. The molecule has 2 unspecified atom stereocenters. The summed E-state index contributed by atoms with van der Waals surface area (Å²) in [5.41, 5.74) is 0. The Bertz CT molecular complexity index is 154. The highest BCUT2D eigenvalue weighted by atomic mass is 16.6. The maximum Gasteiger partial charge on any atom is 0.0809 e. The molecule has 0 aromatic rings. The zero-order valence-electron chi connectivity index (χ0n) is 10.3. The summed E-state index contributed by atoms with van der Waals surface area (Å²) in [6.45, 7) is 8.57. The van der Waals surface area contributed by atoms with Crippen LogP contribution in [0.4, 0.5) is 0 Å². The van der Waals surface area contributed by atoms with Crippen molar-refractivity contribution in [2.24, 2.45) is 0 Å². The predicted octanol–water partition coefficient (Wildman–Crippen LogP) is 2.55. The van der Waals surface area contributed by atoms with Gasteiger partial charge in [-0.2, -0.15) is 0 Å². The van der Waals surface area contributed by atoms with Crippen molar-refractivity contribution < 1.29 is 14.2 Å². The summed E-state index contributed by atoms with van der Waals surface area (Å²) < 4.78 is 16.5. The first-order valence-corrected chi connectivity index (χ1v) is 6.24. The number of hydrogen-bond acceptors (Lipinski definition) is 3. The van der Waals surface area contributed by atoms with Gasteiger partial charge in [-0.15, -0.1) is 6.58 Å². The molecule has 0 aromatic carbocycles. The van der Waals surface area contributed by atoms with Gasteiger partial charge >= 0.3 is 0 Å². The Morgan fingerprint density at radius 3 is 1.88 bits per heavy atom. The van der Waals surface area contributed by atoms with Crippen molar-refractivity contribution in [1.82, 2.24) is 0 Å². The molecule has 3 heteroatoms. The molecule has 2 saturated heterocycles. The van der Waals surface area contributed by atoms with Gasteiger partial charge in [-0.3, -0.25) is 0 Å². The number of rotatable bonds is 4. The second-order valence-electron chi connectivity index (χ2n) is 4.22. The van der Waals surface area contributed by atoms with Crippen LogP contribution in [0.25, 0.3) is 0 Å². The van der Waals surface area contributed by atoms with Gasteiger partial charge in [0.15, 0.2) is 0 Å². The van der Waals surface area contributed by atoms with E-state index in [0.717, 1.165) is 39.3 Å². The van der Waals surface area contributed by atoms with E-state index in [1.165, 1.54) is 12.8 Å². The van der Waals surface area contributed by atoms with Crippen molar-refractivity contribution in [3.8, 4) is 0 Å². The molecule has 16 heavy (non-hydrogen) atoms. The highest BCUT2D eigenvalue weighted by molar-refractivity contribution is 4.66. The SMILES string of the molecule is C1COC(COCC2CCCO2)C1.C=CC. The molecule has 2 rings (SSSR count). The lowest BCUT2D eigenvalue weighted by atomic mass is 10.2. The van der Waals surface area contributed by atoms with Gasteiger partial charge in [-0.25, -0.2) is 0 Å². The van der Waals surface area contributed by atoms with Crippen LogP contribution in [0.3, 0.4) is 0 Å². The Balaban J connectivity index is 0.000000386. The topological polar surface area (TPSA) is 27.7 Å². The average molecular weight is 228 g/mol. The molecule has 0 aromatic heterocycles. The third-order valence-corrected chi connectivity index (χ3v) is 2.66. The molecule has 0 radical (unpaired) electrons. The highest BCUT2D eigenvalue weighted by Crippen LogP contribution is 2.14. The molecule has 2 aliphatic heterocycles. The molecule has 2 atom stereocenters. The van der Waals surface area contributed by atoms with E-state index in [1.54, 1.807) is 6.08 Å². The average Bonchev–Trinajstić information content (AvgIpc) is 2.91. The van der Waals surface area contributed by atoms with Crippen molar-refractivity contribution in [2.75, 3.05) is 26.4 Å². The third-order valence-electron chi connectivity index (χ3n) is 2.66. The van der Waals surface area contributed by atoms with Crippen LogP contribution in [0.15, 0.2) is 12.7 Å². The first kappa shape index (κ1) is 13.7. The maximum atomic E-state index is 5.55. The molecule has 0 N–H and O–H groups in total. The molecule has 0 amide bonds. The molecule has 0 aliphatic carbocycles. The summed E-state index contributed by atoms with van der Waals surface area (Å²) in [6, 6.07) is 0. The van der Waals surface area contributed by atoms with Crippen molar-refractivity contribution in [3.05, 3.63) is 12.7 Å². The molecule has 3 nitrogen and oxygen atoms in total. The minimum absolute atomic E-state index is 0.349. The fourth-order valence-corrected chi connectivity index (χ4v) is 1.88. The van der Waals surface area contributed by atoms with Crippen LogP contribution < -0.4 is 0 Å². The van der Waals surface area contributed by atoms with E-state index in [2.05, 4.69) is 6.58 Å². The fraction of sp³-hybridized carbons (Fsp3) is 0.846.